The van der Waals surface area contributed by atoms with E-state index in [-0.39, 0.29) is 17.8 Å². The number of aromatic nitrogens is 2. The predicted octanol–water partition coefficient (Wildman–Crippen LogP) is 5.36. The van der Waals surface area contributed by atoms with Crippen molar-refractivity contribution in [2.24, 2.45) is 0 Å². The molecule has 34 heavy (non-hydrogen) atoms. The zero-order valence-electron chi connectivity index (χ0n) is 18.8. The first-order chi connectivity index (χ1) is 16.4. The predicted molar refractivity (Wildman–Crippen MR) is 124 cm³/mol. The van der Waals surface area contributed by atoms with Gasteiger partial charge in [0.15, 0.2) is 0 Å². The van der Waals surface area contributed by atoms with Crippen LogP contribution in [-0.4, -0.2) is 40.1 Å². The van der Waals surface area contributed by atoms with Gasteiger partial charge in [-0.1, -0.05) is 0 Å². The van der Waals surface area contributed by atoms with Gasteiger partial charge in [0.05, 0.1) is 17.9 Å². The fraction of sp³-hybridized carbons (Fsp3) is 0.360. The van der Waals surface area contributed by atoms with Crippen molar-refractivity contribution in [3.05, 3.63) is 59.9 Å². The standard InChI is InChI=1S/C25H26F2N4O3/c1-15-2-3-22-23(31(15)25(32)33)5-4-21(24(22)34-20-11-17(26)10-18(27)12-20)16-13-29-30(14-16)19-6-8-28-9-7-19/h4-5,10-15,19,28H,2-3,6-9H2,1H3,(H,32,33)/t15-/m0/s1. The molecule has 3 heterocycles. The average Bonchev–Trinajstić information content (AvgIpc) is 3.29. The third kappa shape index (κ3) is 4.23. The minimum atomic E-state index is -1.05. The highest BCUT2D eigenvalue weighted by atomic mass is 19.1. The number of benzene rings is 2. The van der Waals surface area contributed by atoms with Gasteiger partial charge in [0, 0.05) is 47.1 Å². The van der Waals surface area contributed by atoms with Crippen LogP contribution < -0.4 is 15.0 Å². The number of hydrogen-bond acceptors (Lipinski definition) is 4. The quantitative estimate of drug-likeness (QED) is 0.539. The summed E-state index contributed by atoms with van der Waals surface area (Å²) < 4.78 is 35.8. The lowest BCUT2D eigenvalue weighted by molar-refractivity contribution is 0.198. The molecular weight excluding hydrogens is 442 g/mol. The molecule has 0 bridgehead atoms. The number of nitrogens with zero attached hydrogens (tertiary/aromatic N) is 3. The van der Waals surface area contributed by atoms with Gasteiger partial charge in [-0.3, -0.25) is 9.58 Å². The smallest absolute Gasteiger partial charge is 0.412 e. The highest BCUT2D eigenvalue weighted by Gasteiger charge is 2.32. The molecule has 1 saturated heterocycles. The SMILES string of the molecule is C[C@H]1CCc2c(ccc(-c3cnn(C4CCNCC4)c3)c2Oc2cc(F)cc(F)c2)N1C(=O)O. The zero-order valence-corrected chi connectivity index (χ0v) is 18.8. The molecule has 1 aromatic heterocycles. The highest BCUT2D eigenvalue weighted by molar-refractivity contribution is 5.91. The summed E-state index contributed by atoms with van der Waals surface area (Å²) >= 11 is 0. The number of rotatable bonds is 4. The van der Waals surface area contributed by atoms with Gasteiger partial charge >= 0.3 is 6.09 Å². The summed E-state index contributed by atoms with van der Waals surface area (Å²) in [6, 6.07) is 6.67. The lowest BCUT2D eigenvalue weighted by atomic mass is 9.92. The second-order valence-corrected chi connectivity index (χ2v) is 8.88. The summed E-state index contributed by atoms with van der Waals surface area (Å²) in [5, 5.41) is 17.7. The fourth-order valence-corrected chi connectivity index (χ4v) is 4.89. The van der Waals surface area contributed by atoms with E-state index in [1.165, 1.54) is 4.90 Å². The van der Waals surface area contributed by atoms with E-state index in [0.717, 1.165) is 49.7 Å². The van der Waals surface area contributed by atoms with Crippen LogP contribution in [0.25, 0.3) is 11.1 Å². The number of halogens is 2. The number of amides is 1. The first kappa shape index (κ1) is 22.3. The van der Waals surface area contributed by atoms with Crippen LogP contribution in [0.4, 0.5) is 19.3 Å². The molecule has 0 radical (unpaired) electrons. The molecule has 2 aliphatic heterocycles. The van der Waals surface area contributed by atoms with E-state index in [1.807, 2.05) is 17.8 Å². The van der Waals surface area contributed by atoms with Crippen LogP contribution in [0.3, 0.4) is 0 Å². The van der Waals surface area contributed by atoms with E-state index < -0.39 is 17.7 Å². The lowest BCUT2D eigenvalue weighted by Crippen LogP contribution is -2.41. The molecular formula is C25H26F2N4O3. The van der Waals surface area contributed by atoms with Gasteiger partial charge in [-0.15, -0.1) is 0 Å². The normalized spacial score (nSPS) is 18.6. The van der Waals surface area contributed by atoms with Crippen molar-refractivity contribution in [3.63, 3.8) is 0 Å². The van der Waals surface area contributed by atoms with Crippen molar-refractivity contribution in [2.45, 2.75) is 44.7 Å². The van der Waals surface area contributed by atoms with Crippen LogP contribution in [0, 0.1) is 11.6 Å². The number of carbonyl (C=O) groups is 1. The van der Waals surface area contributed by atoms with Crippen molar-refractivity contribution in [2.75, 3.05) is 18.0 Å². The summed E-state index contributed by atoms with van der Waals surface area (Å²) in [5.41, 5.74) is 2.71. The molecule has 2 aliphatic rings. The molecule has 1 atom stereocenters. The maximum Gasteiger partial charge on any atom is 0.412 e. The second-order valence-electron chi connectivity index (χ2n) is 8.88. The average molecular weight is 469 g/mol. The summed E-state index contributed by atoms with van der Waals surface area (Å²) in [6.45, 7) is 3.72. The molecule has 5 rings (SSSR count). The summed E-state index contributed by atoms with van der Waals surface area (Å²) in [5.74, 6) is -1.09. The molecule has 2 aromatic carbocycles. The fourth-order valence-electron chi connectivity index (χ4n) is 4.89. The topological polar surface area (TPSA) is 79.6 Å². The number of carboxylic acid groups (broad SMARTS) is 1. The van der Waals surface area contributed by atoms with E-state index in [2.05, 4.69) is 10.4 Å². The monoisotopic (exact) mass is 468 g/mol. The van der Waals surface area contributed by atoms with Gasteiger partial charge in [0.1, 0.15) is 23.1 Å². The van der Waals surface area contributed by atoms with E-state index in [9.17, 15) is 18.7 Å². The number of ether oxygens (including phenoxy) is 1. The highest BCUT2D eigenvalue weighted by Crippen LogP contribution is 2.45. The van der Waals surface area contributed by atoms with Gasteiger partial charge in [0.25, 0.3) is 0 Å². The Bertz CT molecular complexity index is 1200. The van der Waals surface area contributed by atoms with Gasteiger partial charge in [0.2, 0.25) is 0 Å². The molecule has 1 amide bonds. The maximum absolute atomic E-state index is 13.9. The van der Waals surface area contributed by atoms with E-state index in [4.69, 9.17) is 4.74 Å². The van der Waals surface area contributed by atoms with Crippen LogP contribution in [0.15, 0.2) is 42.7 Å². The molecule has 0 spiro atoms. The second kappa shape index (κ2) is 9.06. The Labute approximate surface area is 196 Å². The van der Waals surface area contributed by atoms with Crippen molar-refractivity contribution in [1.82, 2.24) is 15.1 Å². The maximum atomic E-state index is 13.9. The first-order valence-electron chi connectivity index (χ1n) is 11.5. The molecule has 2 N–H and O–H groups in total. The van der Waals surface area contributed by atoms with Crippen LogP contribution in [0.1, 0.15) is 37.8 Å². The van der Waals surface area contributed by atoms with Gasteiger partial charge in [-0.25, -0.2) is 13.6 Å². The molecule has 7 nitrogen and oxygen atoms in total. The number of fused-ring (bicyclic) bond motifs is 1. The van der Waals surface area contributed by atoms with Crippen LogP contribution in [0.5, 0.6) is 11.5 Å². The van der Waals surface area contributed by atoms with Crippen molar-refractivity contribution in [1.29, 1.82) is 0 Å². The zero-order chi connectivity index (χ0) is 23.8. The Hall–Kier alpha value is -3.46. The summed E-state index contributed by atoms with van der Waals surface area (Å²) in [7, 11) is 0. The number of hydrogen-bond donors (Lipinski definition) is 2. The Kier molecular flexibility index (Phi) is 5.95. The van der Waals surface area contributed by atoms with Crippen molar-refractivity contribution < 1.29 is 23.4 Å². The Morgan fingerprint density at radius 2 is 1.88 bits per heavy atom. The van der Waals surface area contributed by atoms with Crippen LogP contribution in [-0.2, 0) is 6.42 Å². The van der Waals surface area contributed by atoms with Crippen molar-refractivity contribution in [3.8, 4) is 22.6 Å². The lowest BCUT2D eigenvalue weighted by Gasteiger charge is -2.34. The minimum Gasteiger partial charge on any atom is -0.465 e. The molecule has 9 heteroatoms. The molecule has 0 unspecified atom stereocenters. The third-order valence-electron chi connectivity index (χ3n) is 6.61. The van der Waals surface area contributed by atoms with Gasteiger partial charge < -0.3 is 15.2 Å². The van der Waals surface area contributed by atoms with E-state index in [1.54, 1.807) is 18.3 Å². The largest absolute Gasteiger partial charge is 0.465 e. The number of nitrogens with one attached hydrogen (secondary N) is 1. The number of anilines is 1. The number of piperidine rings is 1. The van der Waals surface area contributed by atoms with Crippen LogP contribution >= 0.6 is 0 Å². The molecule has 178 valence electrons. The Morgan fingerprint density at radius 1 is 1.15 bits per heavy atom. The van der Waals surface area contributed by atoms with Gasteiger partial charge in [-0.05, 0) is 57.8 Å². The Morgan fingerprint density at radius 3 is 2.59 bits per heavy atom. The molecule has 0 aliphatic carbocycles. The van der Waals surface area contributed by atoms with Crippen molar-refractivity contribution >= 4 is 11.8 Å². The molecule has 0 saturated carbocycles. The first-order valence-corrected chi connectivity index (χ1v) is 11.5. The minimum absolute atomic E-state index is 0.0124. The summed E-state index contributed by atoms with van der Waals surface area (Å²) in [6.07, 6.45) is 5.78. The van der Waals surface area contributed by atoms with E-state index in [0.29, 0.717) is 35.4 Å². The summed E-state index contributed by atoms with van der Waals surface area (Å²) in [4.78, 5) is 13.3. The third-order valence-corrected chi connectivity index (χ3v) is 6.61. The van der Waals surface area contributed by atoms with E-state index >= 15 is 0 Å². The molecule has 1 fully saturated rings. The molecule has 3 aromatic rings. The Balaban J connectivity index is 1.61. The van der Waals surface area contributed by atoms with Crippen LogP contribution in [0.2, 0.25) is 0 Å². The van der Waals surface area contributed by atoms with Gasteiger partial charge in [-0.2, -0.15) is 5.10 Å².